The van der Waals surface area contributed by atoms with Gasteiger partial charge in [-0.05, 0) is 38.5 Å². The number of aromatic nitrogens is 3. The zero-order valence-electron chi connectivity index (χ0n) is 12.2. The average Bonchev–Trinajstić information content (AvgIpc) is 3.21. The summed E-state index contributed by atoms with van der Waals surface area (Å²) in [5.41, 5.74) is 5.57. The van der Waals surface area contributed by atoms with Gasteiger partial charge in [0.15, 0.2) is 0 Å². The van der Waals surface area contributed by atoms with Crippen LogP contribution in [-0.2, 0) is 11.8 Å². The number of nitrogens with two attached hydrogens (primary N) is 1. The second-order valence-electron chi connectivity index (χ2n) is 6.45. The zero-order chi connectivity index (χ0) is 14.3. The van der Waals surface area contributed by atoms with Crippen LogP contribution in [0, 0.1) is 5.92 Å². The van der Waals surface area contributed by atoms with Crippen LogP contribution in [0.2, 0.25) is 0 Å². The first-order valence-electron chi connectivity index (χ1n) is 7.42. The molecule has 6 heteroatoms. The summed E-state index contributed by atoms with van der Waals surface area (Å²) in [6.07, 6.45) is 5.94. The Morgan fingerprint density at radius 2 is 2.20 bits per heavy atom. The Balaban J connectivity index is 1.72. The van der Waals surface area contributed by atoms with E-state index in [-0.39, 0.29) is 11.8 Å². The summed E-state index contributed by atoms with van der Waals surface area (Å²) in [7, 11) is 1.95. The van der Waals surface area contributed by atoms with E-state index in [1.165, 1.54) is 0 Å². The molecule has 2 heterocycles. The highest BCUT2D eigenvalue weighted by atomic mass is 16.2. The van der Waals surface area contributed by atoms with Gasteiger partial charge in [0.05, 0.1) is 5.54 Å². The normalized spacial score (nSPS) is 26.4. The third-order valence-corrected chi connectivity index (χ3v) is 4.71. The van der Waals surface area contributed by atoms with Gasteiger partial charge >= 0.3 is 0 Å². The summed E-state index contributed by atoms with van der Waals surface area (Å²) in [6.45, 7) is 3.41. The molecule has 0 bridgehead atoms. The predicted octanol–water partition coefficient (Wildman–Crippen LogP) is 0.648. The standard InChI is InChI=1S/C14H23N5O/c1-14(15,11-5-6-11)13(20)19-7-3-4-10(8-19)12-17-16-9-18(12)2/h9-11H,3-8,15H2,1-2H3. The number of hydrogen-bond acceptors (Lipinski definition) is 4. The van der Waals surface area contributed by atoms with Crippen LogP contribution >= 0.6 is 0 Å². The van der Waals surface area contributed by atoms with Crippen LogP contribution in [0.3, 0.4) is 0 Å². The van der Waals surface area contributed by atoms with E-state index in [0.29, 0.717) is 12.5 Å². The van der Waals surface area contributed by atoms with Crippen molar-refractivity contribution in [2.24, 2.45) is 18.7 Å². The first-order chi connectivity index (χ1) is 9.50. The fourth-order valence-electron chi connectivity index (χ4n) is 3.23. The lowest BCUT2D eigenvalue weighted by Gasteiger charge is -2.37. The highest BCUT2D eigenvalue weighted by Gasteiger charge is 2.46. The molecule has 1 aromatic heterocycles. The molecular weight excluding hydrogens is 254 g/mol. The Morgan fingerprint density at radius 3 is 2.80 bits per heavy atom. The maximum Gasteiger partial charge on any atom is 0.242 e. The van der Waals surface area contributed by atoms with Crippen molar-refractivity contribution in [1.29, 1.82) is 0 Å². The number of aryl methyl sites for hydroxylation is 1. The van der Waals surface area contributed by atoms with Crippen molar-refractivity contribution >= 4 is 5.91 Å². The maximum atomic E-state index is 12.7. The van der Waals surface area contributed by atoms with Gasteiger partial charge in [0.1, 0.15) is 12.2 Å². The fraction of sp³-hybridized carbons (Fsp3) is 0.786. The van der Waals surface area contributed by atoms with Crippen LogP contribution < -0.4 is 5.73 Å². The summed E-state index contributed by atoms with van der Waals surface area (Å²) in [5, 5.41) is 8.13. The quantitative estimate of drug-likeness (QED) is 0.880. The summed E-state index contributed by atoms with van der Waals surface area (Å²) >= 11 is 0. The van der Waals surface area contributed by atoms with Crippen LogP contribution in [0.4, 0.5) is 0 Å². The van der Waals surface area contributed by atoms with Gasteiger partial charge in [-0.3, -0.25) is 4.79 Å². The second kappa shape index (κ2) is 4.84. The lowest BCUT2D eigenvalue weighted by Crippen LogP contribution is -2.56. The van der Waals surface area contributed by atoms with E-state index < -0.39 is 5.54 Å². The molecule has 2 atom stereocenters. The molecule has 20 heavy (non-hydrogen) atoms. The minimum atomic E-state index is -0.693. The Morgan fingerprint density at radius 1 is 1.45 bits per heavy atom. The Labute approximate surface area is 119 Å². The molecule has 2 unspecified atom stereocenters. The fourth-order valence-corrected chi connectivity index (χ4v) is 3.23. The van der Waals surface area contributed by atoms with Crippen LogP contribution in [0.5, 0.6) is 0 Å². The van der Waals surface area contributed by atoms with Gasteiger partial charge in [0.2, 0.25) is 5.91 Å². The van der Waals surface area contributed by atoms with Gasteiger partial charge in [-0.1, -0.05) is 0 Å². The summed E-state index contributed by atoms with van der Waals surface area (Å²) in [6, 6.07) is 0. The molecule has 110 valence electrons. The first-order valence-corrected chi connectivity index (χ1v) is 7.42. The highest BCUT2D eigenvalue weighted by molar-refractivity contribution is 5.86. The first kappa shape index (κ1) is 13.5. The van der Waals surface area contributed by atoms with E-state index in [2.05, 4.69) is 10.2 Å². The molecule has 1 saturated heterocycles. The van der Waals surface area contributed by atoms with Crippen molar-refractivity contribution in [3.63, 3.8) is 0 Å². The maximum absolute atomic E-state index is 12.7. The van der Waals surface area contributed by atoms with E-state index in [9.17, 15) is 4.79 Å². The van der Waals surface area contributed by atoms with E-state index >= 15 is 0 Å². The second-order valence-corrected chi connectivity index (χ2v) is 6.45. The Kier molecular flexibility index (Phi) is 3.28. The number of likely N-dealkylation sites (tertiary alicyclic amines) is 1. The lowest BCUT2D eigenvalue weighted by molar-refractivity contribution is -0.138. The van der Waals surface area contributed by atoms with Gasteiger partial charge < -0.3 is 15.2 Å². The van der Waals surface area contributed by atoms with E-state index in [0.717, 1.165) is 38.1 Å². The molecule has 0 aromatic carbocycles. The third-order valence-electron chi connectivity index (χ3n) is 4.71. The topological polar surface area (TPSA) is 77.0 Å². The minimum absolute atomic E-state index is 0.104. The molecule has 1 saturated carbocycles. The smallest absolute Gasteiger partial charge is 0.242 e. The number of amides is 1. The number of piperidine rings is 1. The van der Waals surface area contributed by atoms with Crippen molar-refractivity contribution in [3.05, 3.63) is 12.2 Å². The lowest BCUT2D eigenvalue weighted by atomic mass is 9.91. The van der Waals surface area contributed by atoms with Crippen molar-refractivity contribution in [2.75, 3.05) is 13.1 Å². The van der Waals surface area contributed by atoms with Gasteiger partial charge in [-0.25, -0.2) is 0 Å². The molecule has 6 nitrogen and oxygen atoms in total. The molecular formula is C14H23N5O. The van der Waals surface area contributed by atoms with Crippen LogP contribution in [0.25, 0.3) is 0 Å². The van der Waals surface area contributed by atoms with Gasteiger partial charge in [0.25, 0.3) is 0 Å². The number of nitrogens with zero attached hydrogens (tertiary/aromatic N) is 4. The van der Waals surface area contributed by atoms with Crippen LogP contribution in [-0.4, -0.2) is 44.2 Å². The molecule has 2 N–H and O–H groups in total. The SMILES string of the molecule is Cn1cnnc1C1CCCN(C(=O)C(C)(N)C2CC2)C1. The molecule has 1 aliphatic heterocycles. The van der Waals surface area contributed by atoms with Gasteiger partial charge in [-0.2, -0.15) is 0 Å². The Bertz CT molecular complexity index is 505. The van der Waals surface area contributed by atoms with Crippen LogP contribution in [0.15, 0.2) is 6.33 Å². The summed E-state index contributed by atoms with van der Waals surface area (Å²) in [4.78, 5) is 14.6. The number of hydrogen-bond donors (Lipinski definition) is 1. The molecule has 3 rings (SSSR count). The van der Waals surface area contributed by atoms with E-state index in [1.807, 2.05) is 23.4 Å². The van der Waals surface area contributed by atoms with Gasteiger partial charge in [0, 0.05) is 26.1 Å². The molecule has 0 spiro atoms. The zero-order valence-corrected chi connectivity index (χ0v) is 12.2. The minimum Gasteiger partial charge on any atom is -0.340 e. The number of carbonyl (C=O) groups excluding carboxylic acids is 1. The molecule has 2 aliphatic rings. The van der Waals surface area contributed by atoms with Crippen molar-refractivity contribution in [1.82, 2.24) is 19.7 Å². The summed E-state index contributed by atoms with van der Waals surface area (Å²) < 4.78 is 1.95. The third kappa shape index (κ3) is 2.32. The molecule has 1 aliphatic carbocycles. The summed E-state index contributed by atoms with van der Waals surface area (Å²) in [5.74, 6) is 1.71. The van der Waals surface area contributed by atoms with E-state index in [4.69, 9.17) is 5.73 Å². The average molecular weight is 277 g/mol. The van der Waals surface area contributed by atoms with Crippen molar-refractivity contribution < 1.29 is 4.79 Å². The van der Waals surface area contributed by atoms with Crippen LogP contribution in [0.1, 0.15) is 44.3 Å². The highest BCUT2D eigenvalue weighted by Crippen LogP contribution is 2.39. The van der Waals surface area contributed by atoms with Gasteiger partial charge in [-0.15, -0.1) is 10.2 Å². The Hall–Kier alpha value is -1.43. The molecule has 1 amide bonds. The largest absolute Gasteiger partial charge is 0.340 e. The van der Waals surface area contributed by atoms with E-state index in [1.54, 1.807) is 6.33 Å². The molecule has 2 fully saturated rings. The monoisotopic (exact) mass is 277 g/mol. The van der Waals surface area contributed by atoms with Crippen molar-refractivity contribution in [3.8, 4) is 0 Å². The van der Waals surface area contributed by atoms with Crippen molar-refractivity contribution in [2.45, 2.75) is 44.1 Å². The number of rotatable bonds is 3. The molecule has 1 aromatic rings. The number of carbonyl (C=O) groups is 1. The predicted molar refractivity (Wildman–Crippen MR) is 74.9 cm³/mol. The molecule has 0 radical (unpaired) electrons.